The molecule has 0 fully saturated rings. The highest BCUT2D eigenvalue weighted by Crippen LogP contribution is 2.30. The van der Waals surface area contributed by atoms with Crippen LogP contribution in [0.5, 0.6) is 0 Å². The van der Waals surface area contributed by atoms with Gasteiger partial charge < -0.3 is 10.3 Å². The van der Waals surface area contributed by atoms with Crippen molar-refractivity contribution in [3.63, 3.8) is 0 Å². The molecular formula is C12H19N3S. The number of nitrogens with one attached hydrogen (secondary N) is 2. The molecule has 0 saturated heterocycles. The van der Waals surface area contributed by atoms with Gasteiger partial charge in [0, 0.05) is 23.2 Å². The van der Waals surface area contributed by atoms with Gasteiger partial charge in [0.1, 0.15) is 5.82 Å². The molecule has 2 N–H and O–H groups in total. The van der Waals surface area contributed by atoms with E-state index in [-0.39, 0.29) is 5.41 Å². The summed E-state index contributed by atoms with van der Waals surface area (Å²) in [7, 11) is 0. The van der Waals surface area contributed by atoms with Gasteiger partial charge >= 0.3 is 0 Å². The monoisotopic (exact) mass is 237 g/mol. The van der Waals surface area contributed by atoms with Crippen molar-refractivity contribution in [1.29, 1.82) is 0 Å². The molecule has 1 aromatic rings. The summed E-state index contributed by atoms with van der Waals surface area (Å²) in [6.07, 6.45) is 3.51. The van der Waals surface area contributed by atoms with Crippen LogP contribution >= 0.6 is 12.2 Å². The van der Waals surface area contributed by atoms with Crippen LogP contribution in [0, 0.1) is 4.77 Å². The van der Waals surface area contributed by atoms with Crippen molar-refractivity contribution < 1.29 is 0 Å². The van der Waals surface area contributed by atoms with E-state index in [9.17, 15) is 0 Å². The van der Waals surface area contributed by atoms with Crippen molar-refractivity contribution in [1.82, 2.24) is 9.97 Å². The van der Waals surface area contributed by atoms with Crippen LogP contribution in [-0.2, 0) is 11.8 Å². The van der Waals surface area contributed by atoms with E-state index in [0.717, 1.165) is 18.8 Å². The minimum absolute atomic E-state index is 0.0899. The molecule has 4 heteroatoms. The molecule has 16 heavy (non-hydrogen) atoms. The van der Waals surface area contributed by atoms with Crippen molar-refractivity contribution in [2.75, 3.05) is 11.9 Å². The third-order valence-corrected chi connectivity index (χ3v) is 3.12. The van der Waals surface area contributed by atoms with Crippen LogP contribution in [0.3, 0.4) is 0 Å². The lowest BCUT2D eigenvalue weighted by Crippen LogP contribution is -2.18. The van der Waals surface area contributed by atoms with Crippen LogP contribution in [0.25, 0.3) is 0 Å². The summed E-state index contributed by atoms with van der Waals surface area (Å²) < 4.78 is 0.582. The molecule has 0 bridgehead atoms. The van der Waals surface area contributed by atoms with E-state index in [1.54, 1.807) is 0 Å². The topological polar surface area (TPSA) is 40.7 Å². The molecule has 1 aromatic heterocycles. The number of aromatic nitrogens is 2. The van der Waals surface area contributed by atoms with Crippen LogP contribution in [0.1, 0.15) is 44.9 Å². The smallest absolute Gasteiger partial charge is 0.198 e. The third-order valence-electron chi connectivity index (χ3n) is 2.93. The first-order valence-corrected chi connectivity index (χ1v) is 6.27. The largest absolute Gasteiger partial charge is 0.370 e. The lowest BCUT2D eigenvalue weighted by molar-refractivity contribution is 0.556. The quantitative estimate of drug-likeness (QED) is 0.681. The maximum Gasteiger partial charge on any atom is 0.198 e. The predicted molar refractivity (Wildman–Crippen MR) is 69.5 cm³/mol. The number of hydrogen-bond acceptors (Lipinski definition) is 3. The van der Waals surface area contributed by atoms with Gasteiger partial charge in [-0.2, -0.15) is 0 Å². The number of anilines is 1. The van der Waals surface area contributed by atoms with Crippen molar-refractivity contribution in [3.05, 3.63) is 16.0 Å². The van der Waals surface area contributed by atoms with Gasteiger partial charge in [0.15, 0.2) is 4.77 Å². The van der Waals surface area contributed by atoms with Gasteiger partial charge in [-0.15, -0.1) is 0 Å². The van der Waals surface area contributed by atoms with E-state index in [1.165, 1.54) is 24.1 Å². The standard InChI is InChI=1S/C12H19N3S/c1-12(2,3)9-8-6-4-5-7-13-10(8)15-11(16)14-9/h4-7H2,1-3H3,(H2,13,14,15,16). The zero-order chi connectivity index (χ0) is 11.8. The van der Waals surface area contributed by atoms with Gasteiger partial charge in [-0.1, -0.05) is 20.8 Å². The third kappa shape index (κ3) is 2.26. The van der Waals surface area contributed by atoms with E-state index < -0.39 is 0 Å². The number of H-pyrrole nitrogens is 1. The Morgan fingerprint density at radius 1 is 1.25 bits per heavy atom. The van der Waals surface area contributed by atoms with Crippen molar-refractivity contribution in [3.8, 4) is 0 Å². The summed E-state index contributed by atoms with van der Waals surface area (Å²) in [5.74, 6) is 0.992. The fraction of sp³-hybridized carbons (Fsp3) is 0.667. The van der Waals surface area contributed by atoms with Gasteiger partial charge in [0.25, 0.3) is 0 Å². The first kappa shape index (κ1) is 11.6. The Bertz CT molecular complexity index is 443. The Morgan fingerprint density at radius 2 is 2.00 bits per heavy atom. The summed E-state index contributed by atoms with van der Waals surface area (Å²) >= 11 is 5.19. The lowest BCUT2D eigenvalue weighted by atomic mass is 9.87. The SMILES string of the molecule is CC(C)(C)c1[nH]c(=S)nc2c1CCCCN2. The minimum atomic E-state index is 0.0899. The maximum absolute atomic E-state index is 5.19. The predicted octanol–water partition coefficient (Wildman–Crippen LogP) is 3.18. The summed E-state index contributed by atoms with van der Waals surface area (Å²) in [6.45, 7) is 7.62. The van der Waals surface area contributed by atoms with E-state index in [1.807, 2.05) is 0 Å². The zero-order valence-corrected chi connectivity index (χ0v) is 11.0. The molecule has 0 spiro atoms. The van der Waals surface area contributed by atoms with E-state index in [4.69, 9.17) is 12.2 Å². The molecule has 0 amide bonds. The highest BCUT2D eigenvalue weighted by molar-refractivity contribution is 7.71. The Labute approximate surface area is 102 Å². The van der Waals surface area contributed by atoms with Crippen LogP contribution in [0.15, 0.2) is 0 Å². The van der Waals surface area contributed by atoms with Crippen molar-refractivity contribution >= 4 is 18.0 Å². The molecule has 88 valence electrons. The molecular weight excluding hydrogens is 218 g/mol. The molecule has 2 heterocycles. The maximum atomic E-state index is 5.19. The summed E-state index contributed by atoms with van der Waals surface area (Å²) in [6, 6.07) is 0. The molecule has 0 aromatic carbocycles. The molecule has 0 unspecified atom stereocenters. The second-order valence-corrected chi connectivity index (χ2v) is 5.76. The van der Waals surface area contributed by atoms with Crippen molar-refractivity contribution in [2.45, 2.75) is 45.4 Å². The molecule has 1 aliphatic heterocycles. The first-order valence-electron chi connectivity index (χ1n) is 5.86. The van der Waals surface area contributed by atoms with E-state index in [0.29, 0.717) is 4.77 Å². The minimum Gasteiger partial charge on any atom is -0.370 e. The first-order chi connectivity index (χ1) is 7.48. The average Bonchev–Trinajstić information content (AvgIpc) is 2.39. The molecule has 0 saturated carbocycles. The Kier molecular flexibility index (Phi) is 3.02. The van der Waals surface area contributed by atoms with Gasteiger partial charge in [-0.05, 0) is 31.5 Å². The average molecular weight is 237 g/mol. The fourth-order valence-electron chi connectivity index (χ4n) is 2.16. The van der Waals surface area contributed by atoms with E-state index in [2.05, 4.69) is 36.1 Å². The van der Waals surface area contributed by atoms with Gasteiger partial charge in [0.05, 0.1) is 0 Å². The summed E-state index contributed by atoms with van der Waals surface area (Å²) in [5, 5.41) is 3.38. The number of nitrogens with zero attached hydrogens (tertiary/aromatic N) is 1. The highest BCUT2D eigenvalue weighted by atomic mass is 32.1. The van der Waals surface area contributed by atoms with Crippen LogP contribution in [-0.4, -0.2) is 16.5 Å². The second-order valence-electron chi connectivity index (χ2n) is 5.38. The number of hydrogen-bond donors (Lipinski definition) is 2. The summed E-state index contributed by atoms with van der Waals surface area (Å²) in [5.41, 5.74) is 2.64. The molecule has 2 rings (SSSR count). The molecule has 0 radical (unpaired) electrons. The number of rotatable bonds is 0. The van der Waals surface area contributed by atoms with Crippen LogP contribution < -0.4 is 5.32 Å². The molecule has 0 atom stereocenters. The zero-order valence-electron chi connectivity index (χ0n) is 10.2. The fourth-order valence-corrected chi connectivity index (χ4v) is 2.35. The lowest BCUT2D eigenvalue weighted by Gasteiger charge is -2.23. The Balaban J connectivity index is 2.60. The van der Waals surface area contributed by atoms with E-state index >= 15 is 0 Å². The molecule has 3 nitrogen and oxygen atoms in total. The molecule has 0 aliphatic carbocycles. The van der Waals surface area contributed by atoms with Crippen molar-refractivity contribution in [2.24, 2.45) is 0 Å². The second kappa shape index (κ2) is 4.17. The van der Waals surface area contributed by atoms with Crippen LogP contribution in [0.2, 0.25) is 0 Å². The Hall–Kier alpha value is -0.900. The van der Waals surface area contributed by atoms with Gasteiger partial charge in [-0.3, -0.25) is 0 Å². The van der Waals surface area contributed by atoms with Crippen LogP contribution in [0.4, 0.5) is 5.82 Å². The Morgan fingerprint density at radius 3 is 2.69 bits per heavy atom. The number of aromatic amines is 1. The normalized spacial score (nSPS) is 16.2. The van der Waals surface area contributed by atoms with Gasteiger partial charge in [-0.25, -0.2) is 4.98 Å². The number of fused-ring (bicyclic) bond motifs is 1. The van der Waals surface area contributed by atoms with Gasteiger partial charge in [0.2, 0.25) is 0 Å². The summed E-state index contributed by atoms with van der Waals surface area (Å²) in [4.78, 5) is 7.66. The molecule has 1 aliphatic rings. The highest BCUT2D eigenvalue weighted by Gasteiger charge is 2.22.